The van der Waals surface area contributed by atoms with Gasteiger partial charge < -0.3 is 4.57 Å². The second-order valence-electron chi connectivity index (χ2n) is 7.47. The summed E-state index contributed by atoms with van der Waals surface area (Å²) in [5, 5.41) is 4.81. The third kappa shape index (κ3) is 2.12. The van der Waals surface area contributed by atoms with Crippen molar-refractivity contribution < 1.29 is 0 Å². The Morgan fingerprint density at radius 1 is 0.600 bits per heavy atom. The van der Waals surface area contributed by atoms with Crippen LogP contribution in [0.25, 0.3) is 55.1 Å². The van der Waals surface area contributed by atoms with E-state index in [1.165, 1.54) is 27.1 Å². The van der Waals surface area contributed by atoms with Crippen molar-refractivity contribution in [3.05, 3.63) is 97.6 Å². The zero-order valence-electron chi connectivity index (χ0n) is 16.4. The molecular weight excluding hydrogens is 366 g/mol. The Balaban J connectivity index is 1.97. The van der Waals surface area contributed by atoms with Crippen molar-refractivity contribution in [2.24, 2.45) is 4.99 Å². The molecule has 3 nitrogen and oxygen atoms in total. The molecular formula is C27H19N3. The van der Waals surface area contributed by atoms with Gasteiger partial charge in [0, 0.05) is 27.2 Å². The van der Waals surface area contributed by atoms with Gasteiger partial charge in [0.1, 0.15) is 5.82 Å². The summed E-state index contributed by atoms with van der Waals surface area (Å²) in [5.74, 6) is 0.624. The first-order chi connectivity index (χ1) is 14.8. The lowest BCUT2D eigenvalue weighted by atomic mass is 10.1. The van der Waals surface area contributed by atoms with Crippen LogP contribution in [0.4, 0.5) is 0 Å². The molecule has 0 fully saturated rings. The summed E-state index contributed by atoms with van der Waals surface area (Å²) in [4.78, 5) is 4.20. The fraction of sp³-hybridized carbons (Fsp3) is 0. The smallest absolute Gasteiger partial charge is 0.129 e. The van der Waals surface area contributed by atoms with E-state index in [9.17, 15) is 0 Å². The number of para-hydroxylation sites is 3. The number of fused-ring (bicyclic) bond motifs is 7. The molecule has 3 heteroatoms. The van der Waals surface area contributed by atoms with Gasteiger partial charge in [0.25, 0.3) is 0 Å². The van der Waals surface area contributed by atoms with Crippen molar-refractivity contribution >= 4 is 56.2 Å². The van der Waals surface area contributed by atoms with Crippen LogP contribution in [0.2, 0.25) is 0 Å². The normalized spacial score (nSPS) is 11.6. The maximum Gasteiger partial charge on any atom is 0.129 e. The molecule has 0 atom stereocenters. The number of benzene rings is 4. The topological polar surface area (TPSA) is 22.2 Å². The molecule has 0 aliphatic rings. The van der Waals surface area contributed by atoms with E-state index in [4.69, 9.17) is 0 Å². The molecule has 0 saturated carbocycles. The quantitative estimate of drug-likeness (QED) is 0.292. The van der Waals surface area contributed by atoms with Crippen molar-refractivity contribution in [2.75, 3.05) is 0 Å². The molecule has 0 amide bonds. The summed E-state index contributed by atoms with van der Waals surface area (Å²) in [5.41, 5.74) is 5.65. The SMILES string of the molecule is C=NC(=C)n1c2ccccc2c2ccc3c4ccccc4n(-c4ccccc4)c3c21. The zero-order valence-corrected chi connectivity index (χ0v) is 16.4. The third-order valence-corrected chi connectivity index (χ3v) is 5.92. The molecule has 6 rings (SSSR count). The third-order valence-electron chi connectivity index (χ3n) is 5.92. The minimum atomic E-state index is 0.624. The summed E-state index contributed by atoms with van der Waals surface area (Å²) in [6.07, 6.45) is 0. The molecule has 0 spiro atoms. The second kappa shape index (κ2) is 6.19. The van der Waals surface area contributed by atoms with Crippen LogP contribution in [0.1, 0.15) is 0 Å². The molecule has 4 aromatic carbocycles. The Labute approximate surface area is 173 Å². The molecule has 0 aliphatic carbocycles. The van der Waals surface area contributed by atoms with E-state index in [1.807, 2.05) is 6.07 Å². The lowest BCUT2D eigenvalue weighted by molar-refractivity contribution is 1.15. The molecule has 0 saturated heterocycles. The maximum absolute atomic E-state index is 4.20. The van der Waals surface area contributed by atoms with Crippen LogP contribution in [0.5, 0.6) is 0 Å². The lowest BCUT2D eigenvalue weighted by Crippen LogP contribution is -1.98. The molecule has 0 radical (unpaired) electrons. The van der Waals surface area contributed by atoms with Gasteiger partial charge in [0.15, 0.2) is 0 Å². The van der Waals surface area contributed by atoms with Gasteiger partial charge in [-0.05, 0) is 31.0 Å². The van der Waals surface area contributed by atoms with Crippen molar-refractivity contribution in [3.63, 3.8) is 0 Å². The van der Waals surface area contributed by atoms with E-state index in [0.717, 1.165) is 22.2 Å². The highest BCUT2D eigenvalue weighted by molar-refractivity contribution is 6.24. The highest BCUT2D eigenvalue weighted by atomic mass is 15.1. The maximum atomic E-state index is 4.20. The summed E-state index contributed by atoms with van der Waals surface area (Å²) < 4.78 is 4.48. The fourth-order valence-electron chi connectivity index (χ4n) is 4.68. The Hall–Kier alpha value is -4.11. The van der Waals surface area contributed by atoms with E-state index in [-0.39, 0.29) is 0 Å². The second-order valence-corrected chi connectivity index (χ2v) is 7.47. The Kier molecular flexibility index (Phi) is 3.47. The van der Waals surface area contributed by atoms with Gasteiger partial charge in [-0.1, -0.05) is 73.3 Å². The molecule has 2 heterocycles. The zero-order chi connectivity index (χ0) is 20.2. The predicted molar refractivity (Wildman–Crippen MR) is 129 cm³/mol. The number of hydrogen-bond acceptors (Lipinski definition) is 1. The van der Waals surface area contributed by atoms with Crippen LogP contribution >= 0.6 is 0 Å². The molecule has 0 aliphatic heterocycles. The molecule has 6 aromatic rings. The Morgan fingerprint density at radius 3 is 1.87 bits per heavy atom. The van der Waals surface area contributed by atoms with Crippen molar-refractivity contribution in [2.45, 2.75) is 0 Å². The molecule has 0 unspecified atom stereocenters. The monoisotopic (exact) mass is 385 g/mol. The average molecular weight is 385 g/mol. The number of rotatable bonds is 3. The van der Waals surface area contributed by atoms with E-state index in [2.05, 4.69) is 112 Å². The van der Waals surface area contributed by atoms with E-state index < -0.39 is 0 Å². The Morgan fingerprint density at radius 2 is 1.17 bits per heavy atom. The summed E-state index contributed by atoms with van der Waals surface area (Å²) in [7, 11) is 0. The van der Waals surface area contributed by atoms with Gasteiger partial charge in [0.2, 0.25) is 0 Å². The average Bonchev–Trinajstić information content (AvgIpc) is 3.32. The van der Waals surface area contributed by atoms with Gasteiger partial charge in [0.05, 0.1) is 22.1 Å². The largest absolute Gasteiger partial charge is 0.307 e. The van der Waals surface area contributed by atoms with Crippen molar-refractivity contribution in [1.29, 1.82) is 0 Å². The molecule has 30 heavy (non-hydrogen) atoms. The molecule has 2 aromatic heterocycles. The van der Waals surface area contributed by atoms with E-state index in [1.54, 1.807) is 0 Å². The number of hydrogen-bond donors (Lipinski definition) is 0. The van der Waals surface area contributed by atoms with Gasteiger partial charge in [-0.2, -0.15) is 0 Å². The first kappa shape index (κ1) is 16.8. The minimum absolute atomic E-state index is 0.624. The van der Waals surface area contributed by atoms with Gasteiger partial charge >= 0.3 is 0 Å². The van der Waals surface area contributed by atoms with Crippen LogP contribution in [0.15, 0.2) is 103 Å². The predicted octanol–water partition coefficient (Wildman–Crippen LogP) is 7.02. The van der Waals surface area contributed by atoms with Gasteiger partial charge in [-0.25, -0.2) is 4.99 Å². The van der Waals surface area contributed by atoms with Crippen molar-refractivity contribution in [3.8, 4) is 5.69 Å². The summed E-state index contributed by atoms with van der Waals surface area (Å²) in [6, 6.07) is 31.9. The van der Waals surface area contributed by atoms with Crippen LogP contribution < -0.4 is 0 Å². The molecule has 142 valence electrons. The number of nitrogens with zero attached hydrogens (tertiary/aromatic N) is 3. The minimum Gasteiger partial charge on any atom is -0.307 e. The van der Waals surface area contributed by atoms with E-state index in [0.29, 0.717) is 5.82 Å². The van der Waals surface area contributed by atoms with E-state index >= 15 is 0 Å². The molecule has 0 bridgehead atoms. The van der Waals surface area contributed by atoms with Crippen LogP contribution in [0.3, 0.4) is 0 Å². The standard InChI is InChI=1S/C27H19N3/c1-18(28-2)29-24-14-8-6-12-20(24)22-16-17-23-21-13-7-9-15-25(21)30(27(23)26(22)29)19-10-4-3-5-11-19/h3-17H,1-2H2. The number of aromatic nitrogens is 2. The lowest BCUT2D eigenvalue weighted by Gasteiger charge is -2.11. The first-order valence-corrected chi connectivity index (χ1v) is 9.96. The summed E-state index contributed by atoms with van der Waals surface area (Å²) in [6.45, 7) is 7.96. The van der Waals surface area contributed by atoms with Crippen LogP contribution in [-0.4, -0.2) is 15.9 Å². The highest BCUT2D eigenvalue weighted by Crippen LogP contribution is 2.41. The van der Waals surface area contributed by atoms with Gasteiger partial charge in [-0.15, -0.1) is 0 Å². The number of aliphatic imine (C=N–C) groups is 1. The molecule has 0 N–H and O–H groups in total. The summed E-state index contributed by atoms with van der Waals surface area (Å²) >= 11 is 0. The first-order valence-electron chi connectivity index (χ1n) is 9.96. The highest BCUT2D eigenvalue weighted by Gasteiger charge is 2.20. The van der Waals surface area contributed by atoms with Crippen LogP contribution in [-0.2, 0) is 0 Å². The Bertz CT molecular complexity index is 1610. The van der Waals surface area contributed by atoms with Crippen LogP contribution in [0, 0.1) is 0 Å². The van der Waals surface area contributed by atoms with Gasteiger partial charge in [-0.3, -0.25) is 4.57 Å². The fourth-order valence-corrected chi connectivity index (χ4v) is 4.68. The van der Waals surface area contributed by atoms with Crippen molar-refractivity contribution in [1.82, 2.24) is 9.13 Å².